The van der Waals surface area contributed by atoms with E-state index < -0.39 is 35.5 Å². The number of rotatable bonds is 6. The van der Waals surface area contributed by atoms with Gasteiger partial charge in [-0.15, -0.1) is 0 Å². The topological polar surface area (TPSA) is 127 Å². The molecule has 10 nitrogen and oxygen atoms in total. The van der Waals surface area contributed by atoms with E-state index in [0.717, 1.165) is 15.4 Å². The van der Waals surface area contributed by atoms with E-state index in [4.69, 9.17) is 5.11 Å². The number of aliphatic hydroxyl groups is 1. The number of halogens is 1. The Morgan fingerprint density at radius 1 is 1.17 bits per heavy atom. The van der Waals surface area contributed by atoms with Gasteiger partial charge >= 0.3 is 5.69 Å². The summed E-state index contributed by atoms with van der Waals surface area (Å²) in [5, 5.41) is 15.9. The van der Waals surface area contributed by atoms with Crippen molar-refractivity contribution >= 4 is 17.5 Å². The Morgan fingerprint density at radius 2 is 1.89 bits per heavy atom. The minimum absolute atomic E-state index is 0.0477. The van der Waals surface area contributed by atoms with E-state index in [1.54, 1.807) is 44.3 Å². The zero-order chi connectivity index (χ0) is 26.0. The second-order valence-corrected chi connectivity index (χ2v) is 8.40. The Bertz CT molecular complexity index is 1480. The van der Waals surface area contributed by atoms with Crippen molar-refractivity contribution in [2.45, 2.75) is 25.8 Å². The van der Waals surface area contributed by atoms with Crippen molar-refractivity contribution in [3.63, 3.8) is 0 Å². The molecule has 2 N–H and O–H groups in total. The fourth-order valence-corrected chi connectivity index (χ4v) is 4.00. The lowest BCUT2D eigenvalue weighted by Gasteiger charge is -2.28. The lowest BCUT2D eigenvalue weighted by Crippen LogP contribution is -2.40. The van der Waals surface area contributed by atoms with Crippen LogP contribution in [0.1, 0.15) is 23.5 Å². The van der Waals surface area contributed by atoms with E-state index in [0.29, 0.717) is 28.1 Å². The number of nitrogens with zero attached hydrogens (tertiary/aromatic N) is 4. The van der Waals surface area contributed by atoms with Crippen molar-refractivity contribution in [1.29, 1.82) is 0 Å². The minimum Gasteiger partial charge on any atom is -0.395 e. The highest BCUT2D eigenvalue weighted by atomic mass is 19.1. The van der Waals surface area contributed by atoms with Crippen LogP contribution in [0.3, 0.4) is 0 Å². The van der Waals surface area contributed by atoms with Gasteiger partial charge in [0.2, 0.25) is 5.91 Å². The van der Waals surface area contributed by atoms with Crippen molar-refractivity contribution in [3.8, 4) is 5.69 Å². The van der Waals surface area contributed by atoms with Gasteiger partial charge in [0.25, 0.3) is 11.5 Å². The van der Waals surface area contributed by atoms with Gasteiger partial charge in [0.15, 0.2) is 0 Å². The molecule has 0 fully saturated rings. The van der Waals surface area contributed by atoms with Crippen LogP contribution >= 0.6 is 0 Å². The molecule has 1 aliphatic rings. The molecule has 0 radical (unpaired) electrons. The van der Waals surface area contributed by atoms with E-state index in [1.807, 2.05) is 0 Å². The molecule has 36 heavy (non-hydrogen) atoms. The number of aromatic nitrogens is 3. The van der Waals surface area contributed by atoms with Crippen LogP contribution in [-0.4, -0.2) is 49.8 Å². The summed E-state index contributed by atoms with van der Waals surface area (Å²) in [6.07, 6.45) is 2.49. The van der Waals surface area contributed by atoms with Crippen LogP contribution in [0.2, 0.25) is 0 Å². The number of hydrogen-bond donors (Lipinski definition) is 2. The predicted molar refractivity (Wildman–Crippen MR) is 129 cm³/mol. The number of hydrogen-bond acceptors (Lipinski definition) is 6. The van der Waals surface area contributed by atoms with Gasteiger partial charge in [-0.05, 0) is 42.3 Å². The zero-order valence-corrected chi connectivity index (χ0v) is 19.6. The molecule has 0 saturated heterocycles. The number of anilines is 1. The van der Waals surface area contributed by atoms with Gasteiger partial charge in [-0.1, -0.05) is 18.2 Å². The summed E-state index contributed by atoms with van der Waals surface area (Å²) in [6.45, 7) is 1.20. The fraction of sp³-hybridized carbons (Fsp3) is 0.240. The Hall–Kier alpha value is -4.38. The Morgan fingerprint density at radius 3 is 2.58 bits per heavy atom. The molecule has 0 saturated carbocycles. The molecule has 2 amide bonds. The second kappa shape index (κ2) is 10.1. The van der Waals surface area contributed by atoms with Crippen LogP contribution in [0.5, 0.6) is 0 Å². The molecular weight excluding hydrogens is 469 g/mol. The fourth-order valence-electron chi connectivity index (χ4n) is 4.00. The van der Waals surface area contributed by atoms with E-state index in [2.05, 4.69) is 10.4 Å². The number of benzene rings is 2. The minimum atomic E-state index is -0.732. The molecule has 186 valence electrons. The maximum atomic E-state index is 13.4. The van der Waals surface area contributed by atoms with Crippen LogP contribution < -0.4 is 16.6 Å². The number of amides is 2. The highest BCUT2D eigenvalue weighted by molar-refractivity contribution is 6.06. The monoisotopic (exact) mass is 493 g/mol. The average molecular weight is 493 g/mol. The third-order valence-corrected chi connectivity index (χ3v) is 6.01. The lowest BCUT2D eigenvalue weighted by molar-refractivity contribution is -0.128. The molecule has 11 heteroatoms. The first kappa shape index (κ1) is 24.7. The quantitative estimate of drug-likeness (QED) is 0.533. The number of nitrogens with one attached hydrogen (secondary N) is 1. The van der Waals surface area contributed by atoms with Crippen molar-refractivity contribution in [3.05, 3.63) is 98.2 Å². The molecule has 1 aromatic heterocycles. The molecule has 0 aliphatic carbocycles. The first-order chi connectivity index (χ1) is 17.2. The summed E-state index contributed by atoms with van der Waals surface area (Å²) in [7, 11) is 1.56. The molecule has 0 spiro atoms. The van der Waals surface area contributed by atoms with Crippen LogP contribution in [0, 0.1) is 12.7 Å². The largest absolute Gasteiger partial charge is 0.395 e. The summed E-state index contributed by atoms with van der Waals surface area (Å²) in [6, 6.07) is 10.5. The third kappa shape index (κ3) is 4.86. The second-order valence-electron chi connectivity index (χ2n) is 8.40. The first-order valence-electron chi connectivity index (χ1n) is 11.1. The molecule has 1 aliphatic heterocycles. The van der Waals surface area contributed by atoms with Gasteiger partial charge in [-0.2, -0.15) is 9.78 Å². The van der Waals surface area contributed by atoms with Crippen LogP contribution in [0.25, 0.3) is 5.69 Å². The Labute approximate surface area is 204 Å². The molecular formula is C25H24FN5O5. The molecule has 2 aromatic carbocycles. The molecule has 1 unspecified atom stereocenters. The maximum absolute atomic E-state index is 13.4. The molecule has 4 rings (SSSR count). The summed E-state index contributed by atoms with van der Waals surface area (Å²) >= 11 is 0. The highest BCUT2D eigenvalue weighted by Gasteiger charge is 2.31. The number of aliphatic hydroxyl groups excluding tert-OH is 1. The molecule has 1 atom stereocenters. The maximum Gasteiger partial charge on any atom is 0.352 e. The average Bonchev–Trinajstić information content (AvgIpc) is 2.85. The SMILES string of the molecule is Cc1ccc(-n2ncc(=O)n(CCO)c2=O)cc1NC(=O)C1=CN(C)C(=O)CC1c1ccc(F)cc1. The number of carbonyl (C=O) groups is 2. The summed E-state index contributed by atoms with van der Waals surface area (Å²) in [5.74, 6) is -1.63. The van der Waals surface area contributed by atoms with Gasteiger partial charge in [-0.3, -0.25) is 19.0 Å². The predicted octanol–water partition coefficient (Wildman–Crippen LogP) is 1.30. The summed E-state index contributed by atoms with van der Waals surface area (Å²) in [4.78, 5) is 51.7. The van der Waals surface area contributed by atoms with E-state index >= 15 is 0 Å². The molecule has 2 heterocycles. The van der Waals surface area contributed by atoms with Crippen molar-refractivity contribution in [2.24, 2.45) is 0 Å². The van der Waals surface area contributed by atoms with Crippen molar-refractivity contribution in [2.75, 3.05) is 19.0 Å². The Balaban J connectivity index is 1.69. The Kier molecular flexibility index (Phi) is 6.93. The van der Waals surface area contributed by atoms with Gasteiger partial charge in [-0.25, -0.2) is 9.18 Å². The van der Waals surface area contributed by atoms with Crippen molar-refractivity contribution < 1.29 is 19.1 Å². The summed E-state index contributed by atoms with van der Waals surface area (Å²) < 4.78 is 15.3. The zero-order valence-electron chi connectivity index (χ0n) is 19.6. The van der Waals surface area contributed by atoms with E-state index in [9.17, 15) is 23.6 Å². The van der Waals surface area contributed by atoms with Gasteiger partial charge < -0.3 is 15.3 Å². The van der Waals surface area contributed by atoms with E-state index in [-0.39, 0.29) is 18.9 Å². The number of aryl methyl sites for hydroxylation is 1. The van der Waals surface area contributed by atoms with Gasteiger partial charge in [0.05, 0.1) is 18.8 Å². The standard InChI is InChI=1S/C25H24FN5O5/c1-15-3-8-18(31-25(36)30(9-10-32)23(34)13-27-31)11-21(15)28-24(35)20-14-29(2)22(33)12-19(20)16-4-6-17(26)7-5-16/h3-8,11,13-14,19,32H,9-10,12H2,1-2H3,(H,28,35). The van der Waals surface area contributed by atoms with E-state index in [1.165, 1.54) is 23.2 Å². The van der Waals surface area contributed by atoms with Gasteiger partial charge in [0, 0.05) is 36.8 Å². The summed E-state index contributed by atoms with van der Waals surface area (Å²) in [5.41, 5.74) is 0.969. The smallest absolute Gasteiger partial charge is 0.352 e. The first-order valence-corrected chi connectivity index (χ1v) is 11.1. The highest BCUT2D eigenvalue weighted by Crippen LogP contribution is 2.33. The van der Waals surface area contributed by atoms with Gasteiger partial charge in [0.1, 0.15) is 12.0 Å². The van der Waals surface area contributed by atoms with Crippen LogP contribution in [0.15, 0.2) is 70.0 Å². The van der Waals surface area contributed by atoms with Crippen LogP contribution in [-0.2, 0) is 16.1 Å². The molecule has 0 bridgehead atoms. The number of carbonyl (C=O) groups excluding carboxylic acids is 2. The third-order valence-electron chi connectivity index (χ3n) is 6.01. The van der Waals surface area contributed by atoms with Crippen LogP contribution in [0.4, 0.5) is 10.1 Å². The normalized spacial score (nSPS) is 15.6. The molecule has 3 aromatic rings. The van der Waals surface area contributed by atoms with Crippen molar-refractivity contribution in [1.82, 2.24) is 19.2 Å². The lowest BCUT2D eigenvalue weighted by atomic mass is 9.85.